The number of nitrogens with two attached hydrogens (primary N) is 1. The highest BCUT2D eigenvalue weighted by atomic mass is 35.5. The molecule has 2 aliphatic heterocycles. The van der Waals surface area contributed by atoms with Crippen LogP contribution in [0.1, 0.15) is 20.1 Å². The summed E-state index contributed by atoms with van der Waals surface area (Å²) in [4.78, 5) is 24.0. The third-order valence-electron chi connectivity index (χ3n) is 5.25. The second-order valence-corrected chi connectivity index (χ2v) is 10.4. The van der Waals surface area contributed by atoms with E-state index in [4.69, 9.17) is 45.3 Å². The molecule has 182 valence electrons. The number of rotatable bonds is 8. The number of hydrogen-bond donors (Lipinski definition) is 2. The molecule has 0 bridgehead atoms. The predicted octanol–water partition coefficient (Wildman–Crippen LogP) is 1.39. The first-order chi connectivity index (χ1) is 15.5. The Morgan fingerprint density at radius 2 is 2.00 bits per heavy atom. The van der Waals surface area contributed by atoms with Gasteiger partial charge in [-0.05, 0) is 25.4 Å². The van der Waals surface area contributed by atoms with Crippen LogP contribution in [-0.4, -0.2) is 81.4 Å². The van der Waals surface area contributed by atoms with Crippen LogP contribution in [0.25, 0.3) is 11.2 Å². The van der Waals surface area contributed by atoms with E-state index in [1.54, 1.807) is 18.4 Å². The Morgan fingerprint density at radius 1 is 1.33 bits per heavy atom. The van der Waals surface area contributed by atoms with Gasteiger partial charge in [0.2, 0.25) is 5.28 Å². The summed E-state index contributed by atoms with van der Waals surface area (Å²) in [5, 5.41) is 9.41. The largest absolute Gasteiger partial charge is 0.479 e. The zero-order chi connectivity index (χ0) is 24.1. The molecule has 5 atom stereocenters. The van der Waals surface area contributed by atoms with Crippen molar-refractivity contribution in [1.29, 1.82) is 0 Å². The van der Waals surface area contributed by atoms with Gasteiger partial charge >= 0.3 is 13.6 Å². The van der Waals surface area contributed by atoms with Crippen LogP contribution in [0.15, 0.2) is 6.33 Å². The Balaban J connectivity index is 1.63. The van der Waals surface area contributed by atoms with Gasteiger partial charge in [-0.1, -0.05) is 0 Å². The summed E-state index contributed by atoms with van der Waals surface area (Å²) in [6, 6.07) is 0. The maximum atomic E-state index is 12.6. The van der Waals surface area contributed by atoms with Crippen LogP contribution >= 0.6 is 19.2 Å². The average Bonchev–Trinajstić information content (AvgIpc) is 3.38. The number of nitrogen functional groups attached to an aromatic ring is 1. The highest BCUT2D eigenvalue weighted by Gasteiger charge is 2.57. The number of carbonyl (C=O) groups is 1. The Kier molecular flexibility index (Phi) is 6.39. The number of carboxylic acids is 1. The summed E-state index contributed by atoms with van der Waals surface area (Å²) >= 11 is 5.96. The number of aromatic nitrogens is 4. The smallest absolute Gasteiger partial charge is 0.370 e. The molecule has 14 nitrogen and oxygen atoms in total. The van der Waals surface area contributed by atoms with E-state index in [1.165, 1.54) is 6.33 Å². The van der Waals surface area contributed by atoms with Crippen molar-refractivity contribution in [2.75, 3.05) is 26.6 Å². The summed E-state index contributed by atoms with van der Waals surface area (Å²) in [7, 11) is -1.93. The monoisotopic (exact) mass is 507 g/mol. The first-order valence-corrected chi connectivity index (χ1v) is 11.7. The van der Waals surface area contributed by atoms with Crippen LogP contribution in [0, 0.1) is 0 Å². The third kappa shape index (κ3) is 4.33. The van der Waals surface area contributed by atoms with Gasteiger partial charge in [-0.2, -0.15) is 9.97 Å². The molecule has 0 radical (unpaired) electrons. The summed E-state index contributed by atoms with van der Waals surface area (Å²) in [6.07, 6.45) is -1.44. The second-order valence-electron chi connectivity index (χ2n) is 7.76. The van der Waals surface area contributed by atoms with Crippen LogP contribution in [0.2, 0.25) is 5.28 Å². The molecule has 2 saturated heterocycles. The quantitative estimate of drug-likeness (QED) is 0.387. The van der Waals surface area contributed by atoms with Crippen molar-refractivity contribution in [3.05, 3.63) is 11.6 Å². The summed E-state index contributed by atoms with van der Waals surface area (Å²) in [5.41, 5.74) is 6.53. The van der Waals surface area contributed by atoms with E-state index in [0.29, 0.717) is 11.2 Å². The Labute approximate surface area is 192 Å². The first-order valence-electron chi connectivity index (χ1n) is 9.72. The molecule has 3 N–H and O–H groups in total. The number of anilines is 1. The lowest BCUT2D eigenvalue weighted by Gasteiger charge is -2.26. The zero-order valence-corrected chi connectivity index (χ0v) is 19.7. The number of hydrogen-bond acceptors (Lipinski definition) is 12. The van der Waals surface area contributed by atoms with E-state index in [2.05, 4.69) is 15.0 Å². The van der Waals surface area contributed by atoms with Gasteiger partial charge in [0.1, 0.15) is 23.8 Å². The van der Waals surface area contributed by atoms with E-state index >= 15 is 0 Å². The SMILES string of the molecule is COP(=O)(OC)C(OC[C@H]1O[C@@H](n2cnc3c(N)nc(Cl)nc32)[C@@H]2OC(C)(C)O[C@@H]21)C(=O)O. The minimum absolute atomic E-state index is 0.0701. The predicted molar refractivity (Wildman–Crippen MR) is 111 cm³/mol. The minimum atomic E-state index is -4.07. The fourth-order valence-corrected chi connectivity index (χ4v) is 5.11. The van der Waals surface area contributed by atoms with Gasteiger partial charge in [0, 0.05) is 14.2 Å². The molecular weight excluding hydrogens is 485 g/mol. The molecule has 0 spiro atoms. The molecule has 2 aliphatic rings. The minimum Gasteiger partial charge on any atom is -0.479 e. The van der Waals surface area contributed by atoms with Gasteiger partial charge in [-0.25, -0.2) is 9.78 Å². The van der Waals surface area contributed by atoms with Crippen molar-refractivity contribution in [3.63, 3.8) is 0 Å². The molecule has 4 heterocycles. The number of nitrogens with zero attached hydrogens (tertiary/aromatic N) is 4. The fraction of sp³-hybridized carbons (Fsp3) is 0.647. The molecule has 0 aliphatic carbocycles. The second kappa shape index (κ2) is 8.71. The molecule has 0 amide bonds. The molecule has 33 heavy (non-hydrogen) atoms. The summed E-state index contributed by atoms with van der Waals surface area (Å²) in [6.45, 7) is 3.15. The Morgan fingerprint density at radius 3 is 2.64 bits per heavy atom. The van der Waals surface area contributed by atoms with E-state index in [9.17, 15) is 14.5 Å². The molecule has 2 fully saturated rings. The fourth-order valence-electron chi connectivity index (χ4n) is 3.86. The number of aliphatic carboxylic acids is 1. The first kappa shape index (κ1) is 24.2. The maximum absolute atomic E-state index is 12.6. The third-order valence-corrected chi connectivity index (χ3v) is 7.38. The number of carboxylic acid groups (broad SMARTS) is 1. The lowest BCUT2D eigenvalue weighted by atomic mass is 10.1. The van der Waals surface area contributed by atoms with Crippen molar-refractivity contribution in [1.82, 2.24) is 19.5 Å². The standard InChI is InChI=1S/C17H23ClN5O9P/c1-17(2)31-9-7(5-29-15(14(24)25)33(26,27-3)28-4)30-13(10(9)32-17)23-6-20-8-11(19)21-16(18)22-12(8)23/h6-7,9-10,13,15H,5H2,1-4H3,(H,24,25)(H2,19,21,22)/t7-,9-,10-,13-,15?/m1/s1. The molecule has 2 aromatic rings. The van der Waals surface area contributed by atoms with Crippen molar-refractivity contribution in [2.45, 2.75) is 50.0 Å². The Bertz CT molecular complexity index is 1110. The molecular formula is C17H23ClN5O9P. The van der Waals surface area contributed by atoms with E-state index in [1.807, 2.05) is 0 Å². The lowest BCUT2D eigenvalue weighted by Crippen LogP contribution is -2.36. The van der Waals surface area contributed by atoms with Crippen LogP contribution in [-0.2, 0) is 37.4 Å². The van der Waals surface area contributed by atoms with Crippen LogP contribution in [0.5, 0.6) is 0 Å². The number of halogens is 1. The van der Waals surface area contributed by atoms with Gasteiger partial charge in [0.05, 0.1) is 12.9 Å². The number of ether oxygens (including phenoxy) is 4. The molecule has 2 aromatic heterocycles. The van der Waals surface area contributed by atoms with E-state index in [0.717, 1.165) is 14.2 Å². The van der Waals surface area contributed by atoms with Gasteiger partial charge < -0.3 is 38.8 Å². The molecule has 16 heteroatoms. The molecule has 0 saturated carbocycles. The topological polar surface area (TPSA) is 179 Å². The number of imidazole rings is 1. The summed E-state index contributed by atoms with van der Waals surface area (Å²) in [5.74, 6) is -4.25. The van der Waals surface area contributed by atoms with Crippen molar-refractivity contribution in [3.8, 4) is 0 Å². The van der Waals surface area contributed by atoms with Crippen LogP contribution in [0.4, 0.5) is 5.82 Å². The van der Waals surface area contributed by atoms with Crippen LogP contribution in [0.3, 0.4) is 0 Å². The van der Waals surface area contributed by atoms with E-state index in [-0.39, 0.29) is 17.7 Å². The molecule has 0 aromatic carbocycles. The van der Waals surface area contributed by atoms with Gasteiger partial charge in [-0.3, -0.25) is 9.13 Å². The number of fused-ring (bicyclic) bond motifs is 2. The Hall–Kier alpha value is -1.90. The highest BCUT2D eigenvalue weighted by molar-refractivity contribution is 7.55. The van der Waals surface area contributed by atoms with Crippen molar-refractivity contribution < 1.29 is 42.5 Å². The van der Waals surface area contributed by atoms with Crippen LogP contribution < -0.4 is 5.73 Å². The van der Waals surface area contributed by atoms with Gasteiger partial charge in [0.15, 0.2) is 23.5 Å². The van der Waals surface area contributed by atoms with Gasteiger partial charge in [-0.15, -0.1) is 0 Å². The molecule has 1 unspecified atom stereocenters. The average molecular weight is 508 g/mol. The van der Waals surface area contributed by atoms with Crippen molar-refractivity contribution >= 4 is 42.1 Å². The van der Waals surface area contributed by atoms with E-state index < -0.39 is 49.7 Å². The maximum Gasteiger partial charge on any atom is 0.370 e. The summed E-state index contributed by atoms with van der Waals surface area (Å²) < 4.78 is 47.3. The molecule has 4 rings (SSSR count). The highest BCUT2D eigenvalue weighted by Crippen LogP contribution is 2.52. The lowest BCUT2D eigenvalue weighted by molar-refractivity contribution is -0.203. The zero-order valence-electron chi connectivity index (χ0n) is 18.1. The van der Waals surface area contributed by atoms with Gasteiger partial charge in [0.25, 0.3) is 5.85 Å². The normalized spacial score (nSPS) is 27.7. The van der Waals surface area contributed by atoms with Crippen molar-refractivity contribution in [2.24, 2.45) is 0 Å².